The van der Waals surface area contributed by atoms with E-state index in [1.807, 2.05) is 0 Å². The Morgan fingerprint density at radius 1 is 1.21 bits per heavy atom. The number of allylic oxidation sites excluding steroid dienone is 1. The first-order chi connectivity index (χ1) is 18.3. The Bertz CT molecular complexity index is 831. The molecule has 1 aliphatic carbocycles. The van der Waals surface area contributed by atoms with Crippen LogP contribution in [0.1, 0.15) is 57.8 Å². The van der Waals surface area contributed by atoms with Crippen LogP contribution in [-0.4, -0.2) is 117 Å². The fourth-order valence-corrected chi connectivity index (χ4v) is 7.26. The second kappa shape index (κ2) is 14.0. The van der Waals surface area contributed by atoms with Gasteiger partial charge in [-0.3, -0.25) is 14.6 Å². The molecule has 1 amide bonds. The van der Waals surface area contributed by atoms with Crippen LogP contribution in [0.5, 0.6) is 0 Å². The van der Waals surface area contributed by atoms with Crippen LogP contribution in [0.4, 0.5) is 0 Å². The molecule has 0 aromatic carbocycles. The summed E-state index contributed by atoms with van der Waals surface area (Å²) >= 11 is 6.46. The molecule has 3 aliphatic heterocycles. The van der Waals surface area contributed by atoms with Gasteiger partial charge in [0, 0.05) is 51.9 Å². The lowest BCUT2D eigenvalue weighted by molar-refractivity contribution is -0.128. The van der Waals surface area contributed by atoms with E-state index in [1.54, 1.807) is 0 Å². The fraction of sp³-hybridized carbons (Fsp3) is 0.893. The van der Waals surface area contributed by atoms with Crippen molar-refractivity contribution < 1.29 is 4.79 Å². The third kappa shape index (κ3) is 8.01. The van der Waals surface area contributed by atoms with E-state index in [-0.39, 0.29) is 23.4 Å². The molecule has 38 heavy (non-hydrogen) atoms. The van der Waals surface area contributed by atoms with Gasteiger partial charge in [0.1, 0.15) is 0 Å². The van der Waals surface area contributed by atoms with Gasteiger partial charge in [0.05, 0.1) is 29.2 Å². The number of rotatable bonds is 8. The molecule has 4 atom stereocenters. The molecule has 1 spiro atoms. The summed E-state index contributed by atoms with van der Waals surface area (Å²) in [5, 5.41) is 7.52. The minimum atomic E-state index is -0.792. The molecule has 0 aromatic rings. The van der Waals surface area contributed by atoms with Gasteiger partial charge in [-0.1, -0.05) is 30.9 Å². The van der Waals surface area contributed by atoms with Crippen LogP contribution in [0.25, 0.3) is 0 Å². The van der Waals surface area contributed by atoms with Gasteiger partial charge in [-0.15, -0.1) is 0 Å². The van der Waals surface area contributed by atoms with Gasteiger partial charge < -0.3 is 27.0 Å². The Balaban J connectivity index is 1.43. The summed E-state index contributed by atoms with van der Waals surface area (Å²) in [6.07, 6.45) is 8.93. The lowest BCUT2D eigenvalue weighted by Crippen LogP contribution is -2.64. The summed E-state index contributed by atoms with van der Waals surface area (Å²) in [6.45, 7) is 8.11. The number of piperidine rings is 1. The van der Waals surface area contributed by atoms with Crippen molar-refractivity contribution in [1.29, 1.82) is 0 Å². The second-order valence-corrected chi connectivity index (χ2v) is 12.9. The molecule has 3 heterocycles. The molecule has 4 rings (SSSR count). The maximum atomic E-state index is 13.9. The standard InChI is InChI=1S/C28H51ClN8O/c1-35(2)12-13-36-14-16-37(17-15-36)24-7-11-32-20-23(24)34-27(38)25(26(30)31)22-18-28(8-4-3-5-9-28)10-6-21(29)19-33-22/h22-26,32H,3-18,20,30-31H2,1-2H3,(H,34,38). The Morgan fingerprint density at radius 3 is 2.63 bits per heavy atom. The van der Waals surface area contributed by atoms with Gasteiger partial charge in [-0.05, 0) is 70.4 Å². The molecule has 10 heteroatoms. The van der Waals surface area contributed by atoms with E-state index in [4.69, 9.17) is 28.1 Å². The number of nitrogens with two attached hydrogens (primary N) is 2. The third-order valence-electron chi connectivity index (χ3n) is 9.43. The van der Waals surface area contributed by atoms with E-state index in [2.05, 4.69) is 45.3 Å². The Kier molecular flexibility index (Phi) is 11.1. The van der Waals surface area contributed by atoms with Crippen molar-refractivity contribution in [2.75, 3.05) is 66.5 Å². The molecule has 2 saturated heterocycles. The summed E-state index contributed by atoms with van der Waals surface area (Å²) < 4.78 is 0. The maximum Gasteiger partial charge on any atom is 0.228 e. The molecule has 0 bridgehead atoms. The zero-order chi connectivity index (χ0) is 27.1. The number of hydrogen-bond acceptors (Lipinski definition) is 8. The molecule has 1 saturated carbocycles. The summed E-state index contributed by atoms with van der Waals surface area (Å²) in [7, 11) is 4.25. The average molecular weight is 551 g/mol. The molecule has 0 radical (unpaired) electrons. The van der Waals surface area contributed by atoms with Crippen LogP contribution >= 0.6 is 11.6 Å². The molecular formula is C28H51ClN8O. The molecule has 0 aromatic heterocycles. The van der Waals surface area contributed by atoms with Crippen molar-refractivity contribution in [2.45, 2.75) is 82.1 Å². The van der Waals surface area contributed by atoms with E-state index in [9.17, 15) is 4.79 Å². The predicted octanol–water partition coefficient (Wildman–Crippen LogP) is 1.17. The Morgan fingerprint density at radius 2 is 1.95 bits per heavy atom. The van der Waals surface area contributed by atoms with Crippen molar-refractivity contribution in [3.05, 3.63) is 5.03 Å². The first-order valence-corrected chi connectivity index (χ1v) is 15.2. The van der Waals surface area contributed by atoms with Gasteiger partial charge in [0.15, 0.2) is 0 Å². The van der Waals surface area contributed by atoms with Gasteiger partial charge in [0.2, 0.25) is 5.91 Å². The molecule has 4 aliphatic rings. The van der Waals surface area contributed by atoms with Crippen molar-refractivity contribution in [2.24, 2.45) is 27.8 Å². The van der Waals surface area contributed by atoms with Crippen LogP contribution in [0.2, 0.25) is 0 Å². The normalized spacial score (nSPS) is 30.2. The van der Waals surface area contributed by atoms with Crippen LogP contribution in [0.15, 0.2) is 10.0 Å². The van der Waals surface area contributed by atoms with Gasteiger partial charge in [0.25, 0.3) is 0 Å². The first-order valence-electron chi connectivity index (χ1n) is 14.9. The van der Waals surface area contributed by atoms with Gasteiger partial charge in [-0.2, -0.15) is 0 Å². The fourth-order valence-electron chi connectivity index (χ4n) is 7.11. The van der Waals surface area contributed by atoms with Crippen LogP contribution in [-0.2, 0) is 4.79 Å². The number of carbonyl (C=O) groups is 1. The highest BCUT2D eigenvalue weighted by atomic mass is 35.5. The Labute approximate surface area is 234 Å². The molecule has 9 nitrogen and oxygen atoms in total. The summed E-state index contributed by atoms with van der Waals surface area (Å²) in [4.78, 5) is 26.0. The zero-order valence-corrected chi connectivity index (χ0v) is 24.4. The second-order valence-electron chi connectivity index (χ2n) is 12.4. The number of aliphatic imine (C=N–C) groups is 1. The molecule has 3 fully saturated rings. The summed E-state index contributed by atoms with van der Waals surface area (Å²) in [5.41, 5.74) is 12.8. The number of carbonyl (C=O) groups excluding carboxylic acids is 1. The third-order valence-corrected chi connectivity index (χ3v) is 9.70. The Hall–Kier alpha value is -1.03. The van der Waals surface area contributed by atoms with Gasteiger partial charge >= 0.3 is 0 Å². The van der Waals surface area contributed by atoms with E-state index in [1.165, 1.54) is 19.3 Å². The highest BCUT2D eigenvalue weighted by molar-refractivity contribution is 6.33. The average Bonchev–Trinajstić information content (AvgIpc) is 2.90. The predicted molar refractivity (Wildman–Crippen MR) is 155 cm³/mol. The first kappa shape index (κ1) is 29.9. The smallest absolute Gasteiger partial charge is 0.228 e. The quantitative estimate of drug-likeness (QED) is 0.335. The SMILES string of the molecule is CN(C)CCN1CCN(C2CCNCC2NC(=O)C(C(N)N)C2CC3(CCCCC3)CCC(Cl)=C=N2)CC1. The number of piperazine rings is 1. The number of amides is 1. The maximum absolute atomic E-state index is 13.9. The monoisotopic (exact) mass is 550 g/mol. The summed E-state index contributed by atoms with van der Waals surface area (Å²) in [5.74, 6) is 2.34. The summed E-state index contributed by atoms with van der Waals surface area (Å²) in [6, 6.07) is 0.0224. The number of likely N-dealkylation sites (N-methyl/N-ethyl adjacent to an activating group) is 1. The lowest BCUT2D eigenvalue weighted by Gasteiger charge is -2.45. The van der Waals surface area contributed by atoms with Crippen molar-refractivity contribution in [1.82, 2.24) is 25.3 Å². The van der Waals surface area contributed by atoms with Crippen LogP contribution < -0.4 is 22.1 Å². The molecule has 4 unspecified atom stereocenters. The van der Waals surface area contributed by atoms with E-state index in [0.717, 1.165) is 90.9 Å². The number of halogens is 1. The van der Waals surface area contributed by atoms with Crippen LogP contribution in [0, 0.1) is 11.3 Å². The minimum absolute atomic E-state index is 0.0196. The van der Waals surface area contributed by atoms with E-state index >= 15 is 0 Å². The number of nitrogens with one attached hydrogen (secondary N) is 2. The minimum Gasteiger partial charge on any atom is -0.350 e. The van der Waals surface area contributed by atoms with Crippen molar-refractivity contribution in [3.8, 4) is 0 Å². The lowest BCUT2D eigenvalue weighted by atomic mass is 9.66. The molecular weight excluding hydrogens is 500 g/mol. The van der Waals surface area contributed by atoms with Crippen molar-refractivity contribution >= 4 is 23.4 Å². The highest BCUT2D eigenvalue weighted by Crippen LogP contribution is 2.46. The topological polar surface area (TPSA) is 115 Å². The highest BCUT2D eigenvalue weighted by Gasteiger charge is 2.42. The van der Waals surface area contributed by atoms with Gasteiger partial charge in [-0.25, -0.2) is 4.99 Å². The zero-order valence-electron chi connectivity index (χ0n) is 23.6. The molecule has 216 valence electrons. The van der Waals surface area contributed by atoms with Crippen LogP contribution in [0.3, 0.4) is 0 Å². The number of hydrogen-bond donors (Lipinski definition) is 4. The van der Waals surface area contributed by atoms with E-state index in [0.29, 0.717) is 11.1 Å². The molecule has 6 N–H and O–H groups in total. The largest absolute Gasteiger partial charge is 0.350 e. The van der Waals surface area contributed by atoms with E-state index < -0.39 is 12.1 Å². The number of nitrogens with zero attached hydrogens (tertiary/aromatic N) is 4. The van der Waals surface area contributed by atoms with Crippen molar-refractivity contribution in [3.63, 3.8) is 0 Å².